The van der Waals surface area contributed by atoms with Crippen molar-refractivity contribution in [1.29, 1.82) is 5.26 Å². The summed E-state index contributed by atoms with van der Waals surface area (Å²) < 4.78 is 0. The Labute approximate surface area is 179 Å². The first kappa shape index (κ1) is 21.5. The molecule has 0 spiro atoms. The van der Waals surface area contributed by atoms with Crippen molar-refractivity contribution in [2.75, 3.05) is 10.6 Å². The van der Waals surface area contributed by atoms with E-state index in [2.05, 4.69) is 20.6 Å². The van der Waals surface area contributed by atoms with Crippen molar-refractivity contribution in [2.24, 2.45) is 5.92 Å². The lowest BCUT2D eigenvalue weighted by atomic mass is 10.1. The van der Waals surface area contributed by atoms with Crippen LogP contribution in [0.1, 0.15) is 25.0 Å². The number of aromatic nitrogens is 2. The third-order valence-corrected chi connectivity index (χ3v) is 4.51. The summed E-state index contributed by atoms with van der Waals surface area (Å²) in [7, 11) is 0. The Hall–Kier alpha value is -4.25. The standard InChI is InChI=1S/C23H21N5O3/c1-13(2)20(29)22(31)25-16-10-6-15(7-11-16)19-18(12-24)21(30)28-23(27-19)26-17-8-4-14(3)5-9-17/h4-11,13H,1-3H3,(H,25,31)(H2,26,27,28,30). The lowest BCUT2D eigenvalue weighted by Gasteiger charge is -2.10. The fourth-order valence-corrected chi connectivity index (χ4v) is 2.78. The van der Waals surface area contributed by atoms with Crippen molar-refractivity contribution >= 4 is 29.0 Å². The van der Waals surface area contributed by atoms with E-state index in [1.807, 2.05) is 37.3 Å². The molecule has 1 heterocycles. The third-order valence-electron chi connectivity index (χ3n) is 4.51. The van der Waals surface area contributed by atoms with E-state index in [1.165, 1.54) is 0 Å². The average molecular weight is 415 g/mol. The number of nitrogens with one attached hydrogen (secondary N) is 3. The fraction of sp³-hybridized carbons (Fsp3) is 0.174. The average Bonchev–Trinajstić information content (AvgIpc) is 2.75. The van der Waals surface area contributed by atoms with Crippen LogP contribution in [0.4, 0.5) is 17.3 Å². The lowest BCUT2D eigenvalue weighted by Crippen LogP contribution is -2.26. The van der Waals surface area contributed by atoms with E-state index in [0.717, 1.165) is 11.3 Å². The van der Waals surface area contributed by atoms with Gasteiger partial charge in [0.05, 0.1) is 5.69 Å². The van der Waals surface area contributed by atoms with Crippen LogP contribution in [0, 0.1) is 24.2 Å². The predicted octanol–water partition coefficient (Wildman–Crippen LogP) is 3.52. The van der Waals surface area contributed by atoms with Crippen molar-refractivity contribution in [3.8, 4) is 17.3 Å². The Morgan fingerprint density at radius 1 is 1.03 bits per heavy atom. The van der Waals surface area contributed by atoms with Crippen molar-refractivity contribution in [3.63, 3.8) is 0 Å². The fourth-order valence-electron chi connectivity index (χ4n) is 2.78. The summed E-state index contributed by atoms with van der Waals surface area (Å²) in [5.74, 6) is -1.42. The SMILES string of the molecule is Cc1ccc(Nc2nc(-c3ccc(NC(=O)C(=O)C(C)C)cc3)c(C#N)c(=O)[nH]2)cc1. The summed E-state index contributed by atoms with van der Waals surface area (Å²) in [6.45, 7) is 5.26. The Morgan fingerprint density at radius 3 is 2.23 bits per heavy atom. The highest BCUT2D eigenvalue weighted by Crippen LogP contribution is 2.23. The molecule has 2 aromatic carbocycles. The largest absolute Gasteiger partial charge is 0.326 e. The van der Waals surface area contributed by atoms with Crippen LogP contribution < -0.4 is 16.2 Å². The number of ketones is 1. The molecular formula is C23H21N5O3. The number of nitriles is 1. The number of anilines is 3. The van der Waals surface area contributed by atoms with Gasteiger partial charge in [0, 0.05) is 22.9 Å². The van der Waals surface area contributed by atoms with Gasteiger partial charge in [0.2, 0.25) is 11.7 Å². The van der Waals surface area contributed by atoms with E-state index in [1.54, 1.807) is 38.1 Å². The second kappa shape index (κ2) is 9.05. The minimum absolute atomic E-state index is 0.124. The van der Waals surface area contributed by atoms with Gasteiger partial charge >= 0.3 is 0 Å². The molecule has 8 nitrogen and oxygen atoms in total. The Kier molecular flexibility index (Phi) is 6.26. The molecule has 0 saturated heterocycles. The molecular weight excluding hydrogens is 394 g/mol. The van der Waals surface area contributed by atoms with Crippen LogP contribution in [0.2, 0.25) is 0 Å². The first-order valence-electron chi connectivity index (χ1n) is 9.62. The molecule has 0 aliphatic carbocycles. The molecule has 3 rings (SSSR count). The minimum atomic E-state index is -0.695. The summed E-state index contributed by atoms with van der Waals surface area (Å²) in [6, 6.07) is 15.8. The van der Waals surface area contributed by atoms with Gasteiger partial charge in [-0.05, 0) is 31.2 Å². The highest BCUT2D eigenvalue weighted by molar-refractivity contribution is 6.41. The van der Waals surface area contributed by atoms with Crippen LogP contribution in [0.15, 0.2) is 53.3 Å². The number of Topliss-reactive ketones (excluding diaryl/α,β-unsaturated/α-hetero) is 1. The number of amides is 1. The van der Waals surface area contributed by atoms with Crippen LogP contribution >= 0.6 is 0 Å². The van der Waals surface area contributed by atoms with Gasteiger partial charge in [-0.1, -0.05) is 43.7 Å². The zero-order valence-corrected chi connectivity index (χ0v) is 17.3. The molecule has 0 aliphatic heterocycles. The lowest BCUT2D eigenvalue weighted by molar-refractivity contribution is -0.136. The Balaban J connectivity index is 1.90. The van der Waals surface area contributed by atoms with Crippen molar-refractivity contribution in [3.05, 3.63) is 70.0 Å². The maximum Gasteiger partial charge on any atom is 0.292 e. The number of hydrogen-bond donors (Lipinski definition) is 3. The van der Waals surface area contributed by atoms with Gasteiger partial charge in [-0.2, -0.15) is 5.26 Å². The van der Waals surface area contributed by atoms with Crippen LogP contribution in [0.5, 0.6) is 0 Å². The van der Waals surface area contributed by atoms with Gasteiger partial charge < -0.3 is 10.6 Å². The molecule has 0 aliphatic rings. The van der Waals surface area contributed by atoms with Gasteiger partial charge in [-0.25, -0.2) is 4.98 Å². The summed E-state index contributed by atoms with van der Waals surface area (Å²) in [4.78, 5) is 43.1. The van der Waals surface area contributed by atoms with E-state index in [9.17, 15) is 19.6 Å². The van der Waals surface area contributed by atoms with E-state index in [0.29, 0.717) is 11.3 Å². The zero-order valence-electron chi connectivity index (χ0n) is 17.3. The summed E-state index contributed by atoms with van der Waals surface area (Å²) >= 11 is 0. The molecule has 156 valence electrons. The van der Waals surface area contributed by atoms with E-state index >= 15 is 0 Å². The number of aryl methyl sites for hydroxylation is 1. The topological polar surface area (TPSA) is 128 Å². The number of H-pyrrole nitrogens is 1. The van der Waals surface area contributed by atoms with Gasteiger partial charge in [0.15, 0.2) is 0 Å². The number of carbonyl (C=O) groups excluding carboxylic acids is 2. The smallest absolute Gasteiger partial charge is 0.292 e. The second-order valence-electron chi connectivity index (χ2n) is 7.29. The summed E-state index contributed by atoms with van der Waals surface area (Å²) in [5.41, 5.74) is 2.28. The molecule has 0 unspecified atom stereocenters. The van der Waals surface area contributed by atoms with Gasteiger partial charge in [0.1, 0.15) is 11.6 Å². The zero-order chi connectivity index (χ0) is 22.5. The molecule has 1 aromatic heterocycles. The van der Waals surface area contributed by atoms with E-state index in [4.69, 9.17) is 0 Å². The molecule has 3 N–H and O–H groups in total. The van der Waals surface area contributed by atoms with Crippen LogP contribution in [0.25, 0.3) is 11.3 Å². The third kappa shape index (κ3) is 5.03. The molecule has 0 fully saturated rings. The first-order valence-corrected chi connectivity index (χ1v) is 9.62. The molecule has 0 bridgehead atoms. The van der Waals surface area contributed by atoms with Gasteiger partial charge in [-0.15, -0.1) is 0 Å². The van der Waals surface area contributed by atoms with E-state index in [-0.39, 0.29) is 17.2 Å². The van der Waals surface area contributed by atoms with Crippen LogP contribution in [-0.2, 0) is 9.59 Å². The highest BCUT2D eigenvalue weighted by Gasteiger charge is 2.18. The maximum absolute atomic E-state index is 12.4. The van der Waals surface area contributed by atoms with E-state index < -0.39 is 23.2 Å². The normalized spacial score (nSPS) is 10.4. The Morgan fingerprint density at radius 2 is 1.65 bits per heavy atom. The number of carbonyl (C=O) groups is 2. The number of nitrogens with zero attached hydrogens (tertiary/aromatic N) is 2. The van der Waals surface area contributed by atoms with Gasteiger partial charge in [0.25, 0.3) is 11.5 Å². The van der Waals surface area contributed by atoms with Crippen LogP contribution in [-0.4, -0.2) is 21.7 Å². The molecule has 0 radical (unpaired) electrons. The molecule has 1 amide bonds. The first-order chi connectivity index (χ1) is 14.8. The minimum Gasteiger partial charge on any atom is -0.326 e. The van der Waals surface area contributed by atoms with Crippen LogP contribution in [0.3, 0.4) is 0 Å². The van der Waals surface area contributed by atoms with Crippen molar-refractivity contribution in [1.82, 2.24) is 9.97 Å². The molecule has 0 saturated carbocycles. The maximum atomic E-state index is 12.4. The molecule has 31 heavy (non-hydrogen) atoms. The molecule has 0 atom stereocenters. The monoisotopic (exact) mass is 415 g/mol. The summed E-state index contributed by atoms with van der Waals surface area (Å²) in [6.07, 6.45) is 0. The Bertz CT molecular complexity index is 1220. The number of aromatic amines is 1. The number of rotatable bonds is 6. The second-order valence-corrected chi connectivity index (χ2v) is 7.29. The number of hydrogen-bond acceptors (Lipinski definition) is 6. The van der Waals surface area contributed by atoms with Crippen molar-refractivity contribution in [2.45, 2.75) is 20.8 Å². The summed E-state index contributed by atoms with van der Waals surface area (Å²) in [5, 5.41) is 15.0. The van der Waals surface area contributed by atoms with Gasteiger partial charge in [-0.3, -0.25) is 19.4 Å². The molecule has 3 aromatic rings. The quantitative estimate of drug-likeness (QED) is 0.529. The highest BCUT2D eigenvalue weighted by atomic mass is 16.2. The number of benzene rings is 2. The predicted molar refractivity (Wildman–Crippen MR) is 118 cm³/mol. The van der Waals surface area contributed by atoms with Crippen molar-refractivity contribution < 1.29 is 9.59 Å². The molecule has 8 heteroatoms.